The number of hydrogen-bond donors (Lipinski definition) is 0. The zero-order valence-corrected chi connectivity index (χ0v) is 15.0. The predicted octanol–water partition coefficient (Wildman–Crippen LogP) is 1.86. The third kappa shape index (κ3) is 2.75. The van der Waals surface area contributed by atoms with Gasteiger partial charge >= 0.3 is 0 Å². The molecule has 0 unspecified atom stereocenters. The fraction of sp³-hybridized carbons (Fsp3) is 0.333. The molecule has 2 aliphatic rings. The van der Waals surface area contributed by atoms with Crippen LogP contribution in [0.25, 0.3) is 0 Å². The van der Waals surface area contributed by atoms with Crippen LogP contribution in [0, 0.1) is 3.57 Å². The molecule has 0 saturated carbocycles. The molecular weight excluding hydrogens is 417 g/mol. The van der Waals surface area contributed by atoms with Crippen molar-refractivity contribution in [3.8, 4) is 0 Å². The minimum Gasteiger partial charge on any atom is -0.363 e. The Labute approximate surface area is 147 Å². The van der Waals surface area contributed by atoms with Crippen LogP contribution in [-0.4, -0.2) is 54.8 Å². The van der Waals surface area contributed by atoms with Gasteiger partial charge in [-0.2, -0.15) is 0 Å². The van der Waals surface area contributed by atoms with Crippen LogP contribution < -0.4 is 4.90 Å². The van der Waals surface area contributed by atoms with E-state index in [-0.39, 0.29) is 10.9 Å². The van der Waals surface area contributed by atoms with E-state index in [0.717, 1.165) is 21.6 Å². The average Bonchev–Trinajstić information content (AvgIpc) is 2.72. The third-order valence-corrected chi connectivity index (χ3v) is 4.97. The first-order valence-corrected chi connectivity index (χ1v) is 8.42. The first kappa shape index (κ1) is 15.8. The van der Waals surface area contributed by atoms with E-state index in [1.807, 2.05) is 24.1 Å². The quantitative estimate of drug-likeness (QED) is 0.530. The molecule has 3 rings (SSSR count). The van der Waals surface area contributed by atoms with E-state index in [1.54, 1.807) is 12.1 Å². The Hall–Kier alpha value is -1.12. The first-order chi connectivity index (χ1) is 10.5. The van der Waals surface area contributed by atoms with Crippen LogP contribution in [0.15, 0.2) is 35.0 Å². The van der Waals surface area contributed by atoms with Gasteiger partial charge in [-0.15, -0.1) is 0 Å². The molecule has 7 heteroatoms. The summed E-state index contributed by atoms with van der Waals surface area (Å²) >= 11 is 8.36. The molecule has 2 aliphatic heterocycles. The monoisotopic (exact) mass is 431 g/mol. The van der Waals surface area contributed by atoms with Gasteiger partial charge in [0.05, 0.1) is 5.69 Å². The maximum absolute atomic E-state index is 12.7. The Morgan fingerprint density at radius 3 is 2.18 bits per heavy atom. The van der Waals surface area contributed by atoms with Crippen LogP contribution >= 0.6 is 34.2 Å². The molecule has 0 N–H and O–H groups in total. The highest BCUT2D eigenvalue weighted by molar-refractivity contribution is 14.1. The summed E-state index contributed by atoms with van der Waals surface area (Å²) < 4.78 is 1.04. The molecular formula is C15H15ClIN3O2. The average molecular weight is 432 g/mol. The van der Waals surface area contributed by atoms with Crippen LogP contribution in [0.5, 0.6) is 0 Å². The summed E-state index contributed by atoms with van der Waals surface area (Å²) in [6.45, 7) is 3.08. The standard InChI is InChI=1S/C15H15ClIN3O2/c1-18-6-8-19(9-7-18)13-12(16)14(21)20(15(13)22)11-4-2-10(17)3-5-11/h2-5H,6-9H2,1H3. The van der Waals surface area contributed by atoms with Crippen molar-refractivity contribution < 1.29 is 9.59 Å². The van der Waals surface area contributed by atoms with Crippen molar-refractivity contribution in [3.63, 3.8) is 0 Å². The number of amides is 2. The number of rotatable bonds is 2. The van der Waals surface area contributed by atoms with Crippen molar-refractivity contribution in [2.75, 3.05) is 38.1 Å². The van der Waals surface area contributed by atoms with E-state index in [1.165, 1.54) is 0 Å². The van der Waals surface area contributed by atoms with Gasteiger partial charge in [0.15, 0.2) is 0 Å². The molecule has 1 saturated heterocycles. The van der Waals surface area contributed by atoms with Gasteiger partial charge in [0.2, 0.25) is 0 Å². The number of piperazine rings is 1. The van der Waals surface area contributed by atoms with Gasteiger partial charge < -0.3 is 9.80 Å². The van der Waals surface area contributed by atoms with Crippen molar-refractivity contribution >= 4 is 51.7 Å². The van der Waals surface area contributed by atoms with Crippen LogP contribution in [0.1, 0.15) is 0 Å². The topological polar surface area (TPSA) is 43.9 Å². The highest BCUT2D eigenvalue weighted by Crippen LogP contribution is 2.31. The predicted molar refractivity (Wildman–Crippen MR) is 93.6 cm³/mol. The second-order valence-corrected chi connectivity index (χ2v) is 7.00. The Morgan fingerprint density at radius 1 is 1.00 bits per heavy atom. The highest BCUT2D eigenvalue weighted by Gasteiger charge is 2.41. The summed E-state index contributed by atoms with van der Waals surface area (Å²) in [5, 5.41) is 0.0214. The third-order valence-electron chi connectivity index (χ3n) is 3.91. The fourth-order valence-electron chi connectivity index (χ4n) is 2.62. The summed E-state index contributed by atoms with van der Waals surface area (Å²) in [5.74, 6) is -0.775. The lowest BCUT2D eigenvalue weighted by Crippen LogP contribution is -2.46. The maximum Gasteiger partial charge on any atom is 0.283 e. The molecule has 116 valence electrons. The van der Waals surface area contributed by atoms with Crippen LogP contribution in [0.3, 0.4) is 0 Å². The summed E-state index contributed by atoms with van der Waals surface area (Å²) in [5.41, 5.74) is 0.885. The minimum atomic E-state index is -0.443. The van der Waals surface area contributed by atoms with Gasteiger partial charge in [-0.05, 0) is 53.9 Å². The number of imide groups is 1. The van der Waals surface area contributed by atoms with Crippen molar-refractivity contribution in [3.05, 3.63) is 38.6 Å². The summed E-state index contributed by atoms with van der Waals surface area (Å²) in [7, 11) is 2.03. The van der Waals surface area contributed by atoms with Crippen LogP contribution in [0.4, 0.5) is 5.69 Å². The molecule has 2 amide bonds. The van der Waals surface area contributed by atoms with Gasteiger partial charge in [-0.25, -0.2) is 4.90 Å². The number of carbonyl (C=O) groups excluding carboxylic acids is 2. The zero-order chi connectivity index (χ0) is 15.9. The molecule has 1 aromatic rings. The lowest BCUT2D eigenvalue weighted by Gasteiger charge is -2.34. The Bertz CT molecular complexity index is 651. The Morgan fingerprint density at radius 2 is 1.59 bits per heavy atom. The number of nitrogens with zero attached hydrogens (tertiary/aromatic N) is 3. The molecule has 2 heterocycles. The van der Waals surface area contributed by atoms with Crippen molar-refractivity contribution in [1.29, 1.82) is 0 Å². The molecule has 0 bridgehead atoms. The number of carbonyl (C=O) groups is 2. The molecule has 5 nitrogen and oxygen atoms in total. The minimum absolute atomic E-state index is 0.0214. The van der Waals surface area contributed by atoms with Gasteiger partial charge in [-0.1, -0.05) is 11.6 Å². The van der Waals surface area contributed by atoms with Crippen molar-refractivity contribution in [2.24, 2.45) is 0 Å². The van der Waals surface area contributed by atoms with Crippen LogP contribution in [0.2, 0.25) is 0 Å². The molecule has 0 aromatic heterocycles. The van der Waals surface area contributed by atoms with Gasteiger partial charge in [0.1, 0.15) is 10.7 Å². The lowest BCUT2D eigenvalue weighted by molar-refractivity contribution is -0.121. The van der Waals surface area contributed by atoms with Gasteiger partial charge in [-0.3, -0.25) is 9.59 Å². The molecule has 22 heavy (non-hydrogen) atoms. The summed E-state index contributed by atoms with van der Waals surface area (Å²) in [6.07, 6.45) is 0. The normalized spacial score (nSPS) is 20.3. The summed E-state index contributed by atoms with van der Waals surface area (Å²) in [4.78, 5) is 30.3. The van der Waals surface area contributed by atoms with E-state index in [4.69, 9.17) is 11.6 Å². The Balaban J connectivity index is 1.88. The van der Waals surface area contributed by atoms with E-state index < -0.39 is 5.91 Å². The first-order valence-electron chi connectivity index (χ1n) is 6.96. The molecule has 0 aliphatic carbocycles. The molecule has 1 fully saturated rings. The summed E-state index contributed by atoms with van der Waals surface area (Å²) in [6, 6.07) is 7.24. The molecule has 0 spiro atoms. The molecule has 1 aromatic carbocycles. The second kappa shape index (κ2) is 6.17. The van der Waals surface area contributed by atoms with E-state index >= 15 is 0 Å². The largest absolute Gasteiger partial charge is 0.363 e. The highest BCUT2D eigenvalue weighted by atomic mass is 127. The second-order valence-electron chi connectivity index (χ2n) is 5.38. The maximum atomic E-state index is 12.7. The number of benzene rings is 1. The number of anilines is 1. The van der Waals surface area contributed by atoms with Gasteiger partial charge in [0.25, 0.3) is 11.8 Å². The van der Waals surface area contributed by atoms with E-state index in [0.29, 0.717) is 24.5 Å². The number of likely N-dealkylation sites (N-methyl/N-ethyl adjacent to an activating group) is 1. The lowest BCUT2D eigenvalue weighted by atomic mass is 10.2. The SMILES string of the molecule is CN1CCN(C2=C(Cl)C(=O)N(c3ccc(I)cc3)C2=O)CC1. The molecule has 0 atom stereocenters. The Kier molecular flexibility index (Phi) is 4.42. The van der Waals surface area contributed by atoms with Crippen LogP contribution in [-0.2, 0) is 9.59 Å². The number of hydrogen-bond acceptors (Lipinski definition) is 4. The smallest absolute Gasteiger partial charge is 0.283 e. The fourth-order valence-corrected chi connectivity index (χ4v) is 3.26. The van der Waals surface area contributed by atoms with E-state index in [2.05, 4.69) is 27.5 Å². The van der Waals surface area contributed by atoms with Crippen molar-refractivity contribution in [2.45, 2.75) is 0 Å². The molecule has 0 radical (unpaired) electrons. The van der Waals surface area contributed by atoms with E-state index in [9.17, 15) is 9.59 Å². The van der Waals surface area contributed by atoms with Crippen molar-refractivity contribution in [1.82, 2.24) is 9.80 Å². The van der Waals surface area contributed by atoms with Gasteiger partial charge in [0, 0.05) is 29.7 Å². The number of halogens is 2. The zero-order valence-electron chi connectivity index (χ0n) is 12.1.